The van der Waals surface area contributed by atoms with Crippen LogP contribution in [0.5, 0.6) is 0 Å². The molecule has 0 spiro atoms. The van der Waals surface area contributed by atoms with Gasteiger partial charge in [0.05, 0.1) is 10.5 Å². The van der Waals surface area contributed by atoms with Crippen LogP contribution < -0.4 is 4.72 Å². The number of aryl methyl sites for hydroxylation is 1. The van der Waals surface area contributed by atoms with E-state index in [1.807, 2.05) is 31.2 Å². The van der Waals surface area contributed by atoms with Gasteiger partial charge >= 0.3 is 5.97 Å². The summed E-state index contributed by atoms with van der Waals surface area (Å²) >= 11 is 0. The Hall–Kier alpha value is -3.98. The molecule has 0 aliphatic rings. The molecular weight excluding hydrogens is 442 g/mol. The zero-order valence-corrected chi connectivity index (χ0v) is 18.7. The van der Waals surface area contributed by atoms with Gasteiger partial charge in [0.2, 0.25) is 5.89 Å². The smallest absolute Gasteiger partial charge is 0.338 e. The van der Waals surface area contributed by atoms with Crippen LogP contribution in [0, 0.1) is 6.92 Å². The third-order valence-corrected chi connectivity index (χ3v) is 6.19. The van der Waals surface area contributed by atoms with E-state index in [1.165, 1.54) is 24.3 Å². The van der Waals surface area contributed by atoms with E-state index in [2.05, 4.69) is 14.9 Å². The number of hydrogen-bond donors (Lipinski definition) is 1. The summed E-state index contributed by atoms with van der Waals surface area (Å²) in [4.78, 5) is 12.5. The molecule has 4 aromatic rings. The fourth-order valence-electron chi connectivity index (χ4n) is 2.98. The van der Waals surface area contributed by atoms with Crippen LogP contribution in [0.4, 0.5) is 5.69 Å². The molecule has 0 saturated heterocycles. The Morgan fingerprint density at radius 3 is 2.27 bits per heavy atom. The Balaban J connectivity index is 1.42. The van der Waals surface area contributed by atoms with E-state index in [1.54, 1.807) is 37.3 Å². The lowest BCUT2D eigenvalue weighted by atomic mass is 10.1. The molecule has 0 radical (unpaired) electrons. The molecule has 1 heterocycles. The van der Waals surface area contributed by atoms with Crippen molar-refractivity contribution in [2.75, 3.05) is 4.72 Å². The Bertz CT molecular complexity index is 1350. The number of para-hydroxylation sites is 1. The SMILES string of the molecule is Cc1ccc(-c2nnc(C(C)OC(=O)c3ccc(S(=O)(=O)Nc4ccccc4)cc3)o2)cc1. The number of carbonyl (C=O) groups excluding carboxylic acids is 1. The zero-order chi connectivity index (χ0) is 23.4. The highest BCUT2D eigenvalue weighted by Gasteiger charge is 2.21. The molecule has 0 aliphatic heterocycles. The lowest BCUT2D eigenvalue weighted by Crippen LogP contribution is -2.14. The number of sulfonamides is 1. The minimum Gasteiger partial charge on any atom is -0.449 e. The van der Waals surface area contributed by atoms with Gasteiger partial charge in [0.25, 0.3) is 15.9 Å². The number of benzene rings is 3. The van der Waals surface area contributed by atoms with Crippen molar-refractivity contribution in [3.63, 3.8) is 0 Å². The van der Waals surface area contributed by atoms with Gasteiger partial charge in [-0.05, 0) is 62.4 Å². The van der Waals surface area contributed by atoms with Gasteiger partial charge in [-0.15, -0.1) is 10.2 Å². The Kier molecular flexibility index (Phi) is 6.23. The summed E-state index contributed by atoms with van der Waals surface area (Å²) in [5.41, 5.74) is 2.51. The maximum Gasteiger partial charge on any atom is 0.338 e. The van der Waals surface area contributed by atoms with E-state index in [0.29, 0.717) is 11.6 Å². The first-order valence-electron chi connectivity index (χ1n) is 10.1. The average molecular weight is 464 g/mol. The first-order valence-corrected chi connectivity index (χ1v) is 11.6. The van der Waals surface area contributed by atoms with E-state index in [4.69, 9.17) is 9.15 Å². The van der Waals surface area contributed by atoms with Crippen molar-refractivity contribution in [2.24, 2.45) is 0 Å². The van der Waals surface area contributed by atoms with Crippen molar-refractivity contribution >= 4 is 21.7 Å². The molecular formula is C24H21N3O5S. The minimum atomic E-state index is -3.78. The van der Waals surface area contributed by atoms with Gasteiger partial charge in [-0.25, -0.2) is 13.2 Å². The molecule has 0 bridgehead atoms. The quantitative estimate of drug-likeness (QED) is 0.393. The number of nitrogens with zero attached hydrogens (tertiary/aromatic N) is 2. The molecule has 168 valence electrons. The molecule has 1 N–H and O–H groups in total. The Labute approximate surface area is 191 Å². The van der Waals surface area contributed by atoms with Gasteiger partial charge in [0.1, 0.15) is 0 Å². The topological polar surface area (TPSA) is 111 Å². The molecule has 3 aromatic carbocycles. The molecule has 0 fully saturated rings. The van der Waals surface area contributed by atoms with Crippen molar-refractivity contribution in [1.29, 1.82) is 0 Å². The van der Waals surface area contributed by atoms with Crippen LogP contribution in [0.1, 0.15) is 34.8 Å². The summed E-state index contributed by atoms with van der Waals surface area (Å²) in [6.45, 7) is 3.60. The first-order chi connectivity index (χ1) is 15.8. The van der Waals surface area contributed by atoms with Gasteiger partial charge in [-0.3, -0.25) is 4.72 Å². The van der Waals surface area contributed by atoms with Gasteiger partial charge in [0.15, 0.2) is 6.10 Å². The van der Waals surface area contributed by atoms with E-state index in [0.717, 1.165) is 11.1 Å². The molecule has 1 aromatic heterocycles. The number of ether oxygens (including phenoxy) is 1. The summed E-state index contributed by atoms with van der Waals surface area (Å²) in [5.74, 6) is -0.156. The highest BCUT2D eigenvalue weighted by Crippen LogP contribution is 2.24. The van der Waals surface area contributed by atoms with Crippen LogP contribution in [-0.2, 0) is 14.8 Å². The van der Waals surface area contributed by atoms with E-state index < -0.39 is 22.1 Å². The lowest BCUT2D eigenvalue weighted by molar-refractivity contribution is 0.0279. The molecule has 0 aliphatic carbocycles. The second-order valence-electron chi connectivity index (χ2n) is 7.35. The van der Waals surface area contributed by atoms with Gasteiger partial charge in [0, 0.05) is 11.3 Å². The van der Waals surface area contributed by atoms with Crippen molar-refractivity contribution in [3.8, 4) is 11.5 Å². The summed E-state index contributed by atoms with van der Waals surface area (Å²) in [6.07, 6.45) is -0.785. The molecule has 1 atom stereocenters. The van der Waals surface area contributed by atoms with Crippen LogP contribution in [0.2, 0.25) is 0 Å². The Morgan fingerprint density at radius 1 is 0.939 bits per heavy atom. The summed E-state index contributed by atoms with van der Waals surface area (Å²) < 4.78 is 38.6. The molecule has 33 heavy (non-hydrogen) atoms. The van der Waals surface area contributed by atoms with Crippen molar-refractivity contribution in [2.45, 2.75) is 24.8 Å². The molecule has 8 nitrogen and oxygen atoms in total. The standard InChI is InChI=1S/C24H21N3O5S/c1-16-8-10-18(11-9-16)23-26-25-22(32-23)17(2)31-24(28)19-12-14-21(15-13-19)33(29,30)27-20-6-4-3-5-7-20/h3-15,17,27H,1-2H3. The highest BCUT2D eigenvalue weighted by atomic mass is 32.2. The lowest BCUT2D eigenvalue weighted by Gasteiger charge is -2.11. The van der Waals surface area contributed by atoms with Crippen molar-refractivity contribution in [1.82, 2.24) is 10.2 Å². The second-order valence-corrected chi connectivity index (χ2v) is 9.04. The Morgan fingerprint density at radius 2 is 1.61 bits per heavy atom. The fraction of sp³-hybridized carbons (Fsp3) is 0.125. The van der Waals surface area contributed by atoms with Crippen LogP contribution in [0.25, 0.3) is 11.5 Å². The third-order valence-electron chi connectivity index (χ3n) is 4.80. The monoisotopic (exact) mass is 463 g/mol. The van der Waals surface area contributed by atoms with Gasteiger partial charge < -0.3 is 9.15 Å². The number of aromatic nitrogens is 2. The molecule has 1 unspecified atom stereocenters. The van der Waals surface area contributed by atoms with Crippen LogP contribution >= 0.6 is 0 Å². The molecule has 4 rings (SSSR count). The summed E-state index contributed by atoms with van der Waals surface area (Å²) in [6, 6.07) is 21.6. The van der Waals surface area contributed by atoms with E-state index >= 15 is 0 Å². The minimum absolute atomic E-state index is 0.0237. The number of esters is 1. The van der Waals surface area contributed by atoms with E-state index in [-0.39, 0.29) is 16.3 Å². The number of hydrogen-bond acceptors (Lipinski definition) is 7. The number of rotatable bonds is 7. The molecule has 0 saturated carbocycles. The molecule has 9 heteroatoms. The largest absolute Gasteiger partial charge is 0.449 e. The first kappa shape index (κ1) is 22.2. The summed E-state index contributed by atoms with van der Waals surface area (Å²) in [7, 11) is -3.78. The predicted octanol–water partition coefficient (Wildman–Crippen LogP) is 4.76. The second kappa shape index (κ2) is 9.25. The van der Waals surface area contributed by atoms with Crippen molar-refractivity contribution < 1.29 is 22.4 Å². The zero-order valence-electron chi connectivity index (χ0n) is 17.9. The summed E-state index contributed by atoms with van der Waals surface area (Å²) in [5, 5.41) is 7.98. The van der Waals surface area contributed by atoms with Crippen LogP contribution in [0.3, 0.4) is 0 Å². The van der Waals surface area contributed by atoms with Crippen molar-refractivity contribution in [3.05, 3.63) is 95.9 Å². The van der Waals surface area contributed by atoms with Gasteiger partial charge in [-0.1, -0.05) is 35.9 Å². The number of nitrogens with one attached hydrogen (secondary N) is 1. The fourth-order valence-corrected chi connectivity index (χ4v) is 4.04. The normalized spacial score (nSPS) is 12.2. The average Bonchev–Trinajstić information content (AvgIpc) is 3.30. The van der Waals surface area contributed by atoms with Crippen LogP contribution in [0.15, 0.2) is 88.2 Å². The van der Waals surface area contributed by atoms with Crippen LogP contribution in [-0.4, -0.2) is 24.6 Å². The molecule has 0 amide bonds. The number of anilines is 1. The maximum absolute atomic E-state index is 12.5. The highest BCUT2D eigenvalue weighted by molar-refractivity contribution is 7.92. The maximum atomic E-state index is 12.5. The van der Waals surface area contributed by atoms with Gasteiger partial charge in [-0.2, -0.15) is 0 Å². The third kappa shape index (κ3) is 5.27. The number of carbonyl (C=O) groups is 1. The predicted molar refractivity (Wildman–Crippen MR) is 122 cm³/mol. The van der Waals surface area contributed by atoms with E-state index in [9.17, 15) is 13.2 Å².